The Kier molecular flexibility index (Phi) is 3.38. The molecule has 1 N–H and O–H groups in total. The van der Waals surface area contributed by atoms with Gasteiger partial charge in [-0.25, -0.2) is 4.98 Å². The highest BCUT2D eigenvalue weighted by molar-refractivity contribution is 5.76. The second kappa shape index (κ2) is 5.17. The highest BCUT2D eigenvalue weighted by atomic mass is 15.0. The highest BCUT2D eigenvalue weighted by Gasteiger charge is 2.16. The molecule has 0 aromatic carbocycles. The standard InChI is InChI=1S/C16H21N3/c1-12(2)11-15-18-16(13-6-8-17-9-7-13)14-5-3-4-10-19(14)15/h3-6,10,12,17H,7-9,11H2,1-2H3. The van der Waals surface area contributed by atoms with Gasteiger partial charge in [0.25, 0.3) is 0 Å². The molecule has 0 saturated heterocycles. The molecule has 100 valence electrons. The van der Waals surface area contributed by atoms with Crippen molar-refractivity contribution in [2.24, 2.45) is 5.92 Å². The molecule has 19 heavy (non-hydrogen) atoms. The van der Waals surface area contributed by atoms with Crippen molar-refractivity contribution in [1.29, 1.82) is 0 Å². The number of nitrogens with zero attached hydrogens (tertiary/aromatic N) is 2. The smallest absolute Gasteiger partial charge is 0.114 e. The van der Waals surface area contributed by atoms with Crippen LogP contribution in [0, 0.1) is 5.92 Å². The lowest BCUT2D eigenvalue weighted by molar-refractivity contribution is 0.619. The number of aromatic nitrogens is 2. The summed E-state index contributed by atoms with van der Waals surface area (Å²) >= 11 is 0. The predicted molar refractivity (Wildman–Crippen MR) is 79.2 cm³/mol. The number of rotatable bonds is 3. The minimum Gasteiger partial charge on any atom is -0.313 e. The van der Waals surface area contributed by atoms with E-state index >= 15 is 0 Å². The van der Waals surface area contributed by atoms with Crippen LogP contribution in [0.15, 0.2) is 30.5 Å². The molecule has 3 heteroatoms. The van der Waals surface area contributed by atoms with Gasteiger partial charge in [0.2, 0.25) is 0 Å². The van der Waals surface area contributed by atoms with Gasteiger partial charge in [0.15, 0.2) is 0 Å². The summed E-state index contributed by atoms with van der Waals surface area (Å²) in [6.45, 7) is 6.50. The molecule has 0 amide bonds. The lowest BCUT2D eigenvalue weighted by Crippen LogP contribution is -2.20. The summed E-state index contributed by atoms with van der Waals surface area (Å²) in [5.74, 6) is 1.81. The van der Waals surface area contributed by atoms with Crippen molar-refractivity contribution in [2.75, 3.05) is 13.1 Å². The van der Waals surface area contributed by atoms with Crippen LogP contribution < -0.4 is 5.32 Å². The van der Waals surface area contributed by atoms with E-state index in [0.717, 1.165) is 25.9 Å². The molecule has 0 unspecified atom stereocenters. The SMILES string of the molecule is CC(C)Cc1nc(C2=CCNCC2)c2ccccn12. The quantitative estimate of drug-likeness (QED) is 0.913. The van der Waals surface area contributed by atoms with E-state index in [0.29, 0.717) is 5.92 Å². The molecule has 0 atom stereocenters. The molecular formula is C16H21N3. The van der Waals surface area contributed by atoms with E-state index in [-0.39, 0.29) is 0 Å². The Bertz CT molecular complexity index is 607. The molecule has 2 aromatic heterocycles. The third-order valence-electron chi connectivity index (χ3n) is 3.58. The maximum Gasteiger partial charge on any atom is 0.114 e. The van der Waals surface area contributed by atoms with Gasteiger partial charge in [0, 0.05) is 19.2 Å². The van der Waals surface area contributed by atoms with Gasteiger partial charge in [0.05, 0.1) is 11.2 Å². The summed E-state index contributed by atoms with van der Waals surface area (Å²) in [5.41, 5.74) is 3.81. The molecule has 1 aliphatic rings. The fraction of sp³-hybridized carbons (Fsp3) is 0.438. The van der Waals surface area contributed by atoms with Crippen molar-refractivity contribution in [3.63, 3.8) is 0 Å². The molecule has 0 aliphatic carbocycles. The molecule has 0 fully saturated rings. The van der Waals surface area contributed by atoms with Crippen molar-refractivity contribution >= 4 is 11.1 Å². The first-order valence-corrected chi connectivity index (χ1v) is 7.12. The van der Waals surface area contributed by atoms with Crippen molar-refractivity contribution in [2.45, 2.75) is 26.7 Å². The second-order valence-corrected chi connectivity index (χ2v) is 5.61. The van der Waals surface area contributed by atoms with Crippen LogP contribution in [0.4, 0.5) is 0 Å². The summed E-state index contributed by atoms with van der Waals surface area (Å²) in [7, 11) is 0. The zero-order chi connectivity index (χ0) is 13.2. The van der Waals surface area contributed by atoms with Gasteiger partial charge in [-0.3, -0.25) is 0 Å². The van der Waals surface area contributed by atoms with Gasteiger partial charge in [0.1, 0.15) is 5.82 Å². The lowest BCUT2D eigenvalue weighted by Gasteiger charge is -2.12. The van der Waals surface area contributed by atoms with Crippen LogP contribution in [0.5, 0.6) is 0 Å². The van der Waals surface area contributed by atoms with E-state index in [1.165, 1.54) is 22.6 Å². The van der Waals surface area contributed by atoms with E-state index < -0.39 is 0 Å². The minimum atomic E-state index is 0.626. The molecular weight excluding hydrogens is 234 g/mol. The third-order valence-corrected chi connectivity index (χ3v) is 3.58. The Morgan fingerprint density at radius 2 is 2.26 bits per heavy atom. The zero-order valence-corrected chi connectivity index (χ0v) is 11.7. The van der Waals surface area contributed by atoms with Gasteiger partial charge in [-0.1, -0.05) is 26.0 Å². The molecule has 1 aliphatic heterocycles. The van der Waals surface area contributed by atoms with Gasteiger partial charge in [-0.05, 0) is 36.6 Å². The largest absolute Gasteiger partial charge is 0.313 e. The Morgan fingerprint density at radius 3 is 3.00 bits per heavy atom. The Morgan fingerprint density at radius 1 is 1.37 bits per heavy atom. The summed E-state index contributed by atoms with van der Waals surface area (Å²) in [4.78, 5) is 4.92. The van der Waals surface area contributed by atoms with Crippen molar-refractivity contribution < 1.29 is 0 Å². The fourth-order valence-electron chi connectivity index (χ4n) is 2.68. The molecule has 0 saturated carbocycles. The van der Waals surface area contributed by atoms with Crippen LogP contribution in [0.2, 0.25) is 0 Å². The van der Waals surface area contributed by atoms with E-state index in [2.05, 4.69) is 54.0 Å². The Hall–Kier alpha value is -1.61. The van der Waals surface area contributed by atoms with E-state index in [1.54, 1.807) is 0 Å². The molecule has 2 aromatic rings. The summed E-state index contributed by atoms with van der Waals surface area (Å²) in [5, 5.41) is 3.36. The minimum absolute atomic E-state index is 0.626. The number of hydrogen-bond acceptors (Lipinski definition) is 2. The fourth-order valence-corrected chi connectivity index (χ4v) is 2.68. The average molecular weight is 255 g/mol. The zero-order valence-electron chi connectivity index (χ0n) is 11.7. The van der Waals surface area contributed by atoms with Crippen LogP contribution in [0.25, 0.3) is 11.1 Å². The van der Waals surface area contributed by atoms with E-state index in [4.69, 9.17) is 4.98 Å². The molecule has 3 nitrogen and oxygen atoms in total. The van der Waals surface area contributed by atoms with E-state index in [1.807, 2.05) is 0 Å². The first-order valence-electron chi connectivity index (χ1n) is 7.12. The third kappa shape index (κ3) is 2.43. The van der Waals surface area contributed by atoms with Crippen molar-refractivity contribution in [1.82, 2.24) is 14.7 Å². The normalized spacial score (nSPS) is 16.1. The van der Waals surface area contributed by atoms with Crippen LogP contribution >= 0.6 is 0 Å². The van der Waals surface area contributed by atoms with Crippen molar-refractivity contribution in [3.8, 4) is 0 Å². The second-order valence-electron chi connectivity index (χ2n) is 5.61. The molecule has 3 heterocycles. The first kappa shape index (κ1) is 12.4. The number of hydrogen-bond donors (Lipinski definition) is 1. The monoisotopic (exact) mass is 255 g/mol. The number of imidazole rings is 1. The Labute approximate surface area is 114 Å². The topological polar surface area (TPSA) is 29.3 Å². The van der Waals surface area contributed by atoms with Crippen LogP contribution in [-0.2, 0) is 6.42 Å². The first-order chi connectivity index (χ1) is 9.25. The van der Waals surface area contributed by atoms with Gasteiger partial charge >= 0.3 is 0 Å². The summed E-state index contributed by atoms with van der Waals surface area (Å²) < 4.78 is 2.25. The maximum absolute atomic E-state index is 4.92. The van der Waals surface area contributed by atoms with Crippen LogP contribution in [-0.4, -0.2) is 22.5 Å². The van der Waals surface area contributed by atoms with Crippen molar-refractivity contribution in [3.05, 3.63) is 42.0 Å². The molecule has 0 spiro atoms. The van der Waals surface area contributed by atoms with Gasteiger partial charge in [-0.2, -0.15) is 0 Å². The van der Waals surface area contributed by atoms with Gasteiger partial charge < -0.3 is 9.72 Å². The Balaban J connectivity index is 2.11. The molecule has 0 bridgehead atoms. The van der Waals surface area contributed by atoms with Crippen LogP contribution in [0.3, 0.4) is 0 Å². The number of pyridine rings is 1. The summed E-state index contributed by atoms with van der Waals surface area (Å²) in [6, 6.07) is 6.36. The molecule has 3 rings (SSSR count). The maximum atomic E-state index is 4.92. The lowest BCUT2D eigenvalue weighted by atomic mass is 10.1. The number of fused-ring (bicyclic) bond motifs is 1. The predicted octanol–water partition coefficient (Wildman–Crippen LogP) is 2.91. The van der Waals surface area contributed by atoms with Crippen LogP contribution in [0.1, 0.15) is 31.8 Å². The highest BCUT2D eigenvalue weighted by Crippen LogP contribution is 2.25. The summed E-state index contributed by atoms with van der Waals surface area (Å²) in [6.07, 6.45) is 6.50. The van der Waals surface area contributed by atoms with E-state index in [9.17, 15) is 0 Å². The number of nitrogens with one attached hydrogen (secondary N) is 1. The van der Waals surface area contributed by atoms with Gasteiger partial charge in [-0.15, -0.1) is 0 Å². The molecule has 0 radical (unpaired) electrons. The average Bonchev–Trinajstić information content (AvgIpc) is 2.78.